The van der Waals surface area contributed by atoms with Crippen molar-refractivity contribution in [3.8, 4) is 39.2 Å². The van der Waals surface area contributed by atoms with Gasteiger partial charge in [0.2, 0.25) is 0 Å². The first kappa shape index (κ1) is 27.5. The van der Waals surface area contributed by atoms with Gasteiger partial charge in [-0.3, -0.25) is 4.98 Å². The summed E-state index contributed by atoms with van der Waals surface area (Å²) in [5.41, 5.74) is 12.1. The molecule has 0 aliphatic rings. The molecule has 0 atom stereocenters. The summed E-state index contributed by atoms with van der Waals surface area (Å²) in [6, 6.07) is 60.6. The third kappa shape index (κ3) is 4.44. The van der Waals surface area contributed by atoms with Crippen LogP contribution in [0.2, 0.25) is 0 Å². The minimum absolute atomic E-state index is 0.867. The van der Waals surface area contributed by atoms with Crippen molar-refractivity contribution in [3.05, 3.63) is 176 Å². The Morgan fingerprint density at radius 3 is 1.67 bits per heavy atom. The number of hydrogen-bond acceptors (Lipinski definition) is 2. The fourth-order valence-corrected chi connectivity index (χ4v) is 7.48. The van der Waals surface area contributed by atoms with Gasteiger partial charge in [-0.05, 0) is 69.4 Å². The number of fused-ring (bicyclic) bond motifs is 9. The highest BCUT2D eigenvalue weighted by Crippen LogP contribution is 2.37. The van der Waals surface area contributed by atoms with Gasteiger partial charge in [-0.1, -0.05) is 133 Å². The molecular weight excluding hydrogens is 595 g/mol. The van der Waals surface area contributed by atoms with Crippen LogP contribution in [0.5, 0.6) is 0 Å². The summed E-state index contributed by atoms with van der Waals surface area (Å²) in [6.07, 6.45) is 1.92. The smallest absolute Gasteiger partial charge is 0.0979 e. The normalized spacial score (nSPS) is 11.7. The molecule has 0 aliphatic heterocycles. The first-order valence-corrected chi connectivity index (χ1v) is 16.7. The maximum Gasteiger partial charge on any atom is 0.0979 e. The highest BCUT2D eigenvalue weighted by Gasteiger charge is 2.15. The second-order valence-corrected chi connectivity index (χ2v) is 12.6. The zero-order valence-electron chi connectivity index (χ0n) is 26.6. The number of nitrogens with zero attached hydrogens (tertiary/aromatic N) is 3. The Morgan fingerprint density at radius 1 is 0.347 bits per heavy atom. The van der Waals surface area contributed by atoms with Crippen LogP contribution in [0.4, 0.5) is 0 Å². The Kier molecular flexibility index (Phi) is 6.18. The van der Waals surface area contributed by atoms with E-state index in [0.717, 1.165) is 44.3 Å². The lowest BCUT2D eigenvalue weighted by Crippen LogP contribution is -1.94. The summed E-state index contributed by atoms with van der Waals surface area (Å²) in [6.45, 7) is 0. The zero-order chi connectivity index (χ0) is 32.3. The number of para-hydroxylation sites is 1. The molecule has 0 unspecified atom stereocenters. The van der Waals surface area contributed by atoms with Crippen molar-refractivity contribution in [2.24, 2.45) is 0 Å². The van der Waals surface area contributed by atoms with Gasteiger partial charge < -0.3 is 4.57 Å². The van der Waals surface area contributed by atoms with E-state index in [0.29, 0.717) is 0 Å². The lowest BCUT2D eigenvalue weighted by atomic mass is 9.98. The molecule has 8 aromatic carbocycles. The number of aromatic nitrogens is 3. The summed E-state index contributed by atoms with van der Waals surface area (Å²) in [5, 5.41) is 7.12. The molecule has 0 aliphatic carbocycles. The van der Waals surface area contributed by atoms with Gasteiger partial charge in [-0.15, -0.1) is 0 Å². The average molecular weight is 624 g/mol. The van der Waals surface area contributed by atoms with Crippen LogP contribution in [-0.2, 0) is 0 Å². The van der Waals surface area contributed by atoms with E-state index in [4.69, 9.17) is 9.97 Å². The minimum atomic E-state index is 0.867. The van der Waals surface area contributed by atoms with Crippen LogP contribution in [0, 0.1) is 0 Å². The van der Waals surface area contributed by atoms with E-state index in [9.17, 15) is 0 Å². The third-order valence-electron chi connectivity index (χ3n) is 9.82. The summed E-state index contributed by atoms with van der Waals surface area (Å²) in [4.78, 5) is 10.2. The molecule has 0 radical (unpaired) electrons. The lowest BCUT2D eigenvalue weighted by molar-refractivity contribution is 1.18. The van der Waals surface area contributed by atoms with Crippen LogP contribution in [0.25, 0.3) is 93.6 Å². The summed E-state index contributed by atoms with van der Waals surface area (Å²) < 4.78 is 2.37. The maximum atomic E-state index is 5.25. The largest absolute Gasteiger partial charge is 0.309 e. The fraction of sp³-hybridized carbons (Fsp3) is 0. The first-order chi connectivity index (χ1) is 24.3. The third-order valence-corrected chi connectivity index (χ3v) is 9.82. The summed E-state index contributed by atoms with van der Waals surface area (Å²) >= 11 is 0. The van der Waals surface area contributed by atoms with E-state index in [1.165, 1.54) is 49.3 Å². The molecule has 0 N–H and O–H groups in total. The van der Waals surface area contributed by atoms with Gasteiger partial charge in [-0.2, -0.15) is 0 Å². The van der Waals surface area contributed by atoms with Gasteiger partial charge >= 0.3 is 0 Å². The van der Waals surface area contributed by atoms with Crippen LogP contribution >= 0.6 is 0 Å². The van der Waals surface area contributed by atoms with Crippen molar-refractivity contribution in [2.75, 3.05) is 0 Å². The molecule has 10 aromatic rings. The fourth-order valence-electron chi connectivity index (χ4n) is 7.48. The van der Waals surface area contributed by atoms with Gasteiger partial charge in [-0.25, -0.2) is 4.98 Å². The molecule has 3 heteroatoms. The van der Waals surface area contributed by atoms with Crippen LogP contribution in [0.15, 0.2) is 176 Å². The van der Waals surface area contributed by atoms with Crippen molar-refractivity contribution < 1.29 is 0 Å². The highest BCUT2D eigenvalue weighted by molar-refractivity contribution is 6.23. The van der Waals surface area contributed by atoms with E-state index < -0.39 is 0 Å². The number of hydrogen-bond donors (Lipinski definition) is 0. The predicted molar refractivity (Wildman–Crippen MR) is 205 cm³/mol. The van der Waals surface area contributed by atoms with E-state index in [1.807, 2.05) is 6.20 Å². The molecule has 228 valence electrons. The Balaban J connectivity index is 1.08. The zero-order valence-corrected chi connectivity index (χ0v) is 26.6. The predicted octanol–water partition coefficient (Wildman–Crippen LogP) is 12.0. The van der Waals surface area contributed by atoms with E-state index in [2.05, 4.69) is 174 Å². The molecule has 0 saturated carbocycles. The van der Waals surface area contributed by atoms with Crippen molar-refractivity contribution in [3.63, 3.8) is 0 Å². The van der Waals surface area contributed by atoms with Crippen LogP contribution < -0.4 is 0 Å². The second-order valence-electron chi connectivity index (χ2n) is 12.6. The topological polar surface area (TPSA) is 30.7 Å². The number of benzene rings is 8. The molecule has 0 saturated heterocycles. The van der Waals surface area contributed by atoms with Crippen molar-refractivity contribution in [1.29, 1.82) is 0 Å². The Morgan fingerprint density at radius 2 is 0.898 bits per heavy atom. The van der Waals surface area contributed by atoms with Crippen LogP contribution in [-0.4, -0.2) is 14.5 Å². The first-order valence-electron chi connectivity index (χ1n) is 16.7. The van der Waals surface area contributed by atoms with Crippen LogP contribution in [0.1, 0.15) is 0 Å². The Bertz CT molecular complexity index is 2830. The summed E-state index contributed by atoms with van der Waals surface area (Å²) in [5.74, 6) is 0. The van der Waals surface area contributed by atoms with Gasteiger partial charge in [0.25, 0.3) is 0 Å². The van der Waals surface area contributed by atoms with Gasteiger partial charge in [0.1, 0.15) is 0 Å². The Hall–Kier alpha value is -6.58. The standard InChI is InChI=1S/C46H29N3/c1-2-11-30(12-3-1)31-21-24-35(25-22-31)49-43-20-9-8-17-38(43)41-28-33(23-26-44(41)49)32-13-10-14-34(27-32)42-29-47-45-39-18-6-4-15-36(39)37-16-5-7-19-40(37)46(45)48-42/h1-29H. The average Bonchev–Trinajstić information content (AvgIpc) is 3.52. The van der Waals surface area contributed by atoms with E-state index in [-0.39, 0.29) is 0 Å². The lowest BCUT2D eigenvalue weighted by Gasteiger charge is -2.11. The molecule has 3 nitrogen and oxygen atoms in total. The maximum absolute atomic E-state index is 5.25. The Labute approximate surface area is 283 Å². The van der Waals surface area contributed by atoms with Crippen molar-refractivity contribution in [1.82, 2.24) is 14.5 Å². The van der Waals surface area contributed by atoms with Crippen molar-refractivity contribution >= 4 is 54.4 Å². The quantitative estimate of drug-likeness (QED) is 0.183. The van der Waals surface area contributed by atoms with Gasteiger partial charge in [0, 0.05) is 32.8 Å². The molecule has 0 fully saturated rings. The van der Waals surface area contributed by atoms with Gasteiger partial charge in [0.15, 0.2) is 0 Å². The molecule has 2 aromatic heterocycles. The van der Waals surface area contributed by atoms with Crippen molar-refractivity contribution in [2.45, 2.75) is 0 Å². The molecule has 0 amide bonds. The highest BCUT2D eigenvalue weighted by atomic mass is 15.0. The van der Waals surface area contributed by atoms with E-state index >= 15 is 0 Å². The SMILES string of the molecule is c1ccc(-c2ccc(-n3c4ccccc4c4cc(-c5cccc(-c6cnc7c8ccccc8c8ccccc8c7n6)c5)ccc43)cc2)cc1. The minimum Gasteiger partial charge on any atom is -0.309 e. The molecule has 0 spiro atoms. The molecule has 49 heavy (non-hydrogen) atoms. The molecule has 2 heterocycles. The van der Waals surface area contributed by atoms with Gasteiger partial charge in [0.05, 0.1) is 34.0 Å². The van der Waals surface area contributed by atoms with Crippen LogP contribution in [0.3, 0.4) is 0 Å². The van der Waals surface area contributed by atoms with E-state index in [1.54, 1.807) is 0 Å². The second kappa shape index (κ2) is 11.0. The summed E-state index contributed by atoms with van der Waals surface area (Å²) in [7, 11) is 0. The monoisotopic (exact) mass is 623 g/mol. The molecule has 10 rings (SSSR count). The number of rotatable bonds is 4. The molecule has 0 bridgehead atoms. The molecular formula is C46H29N3.